The van der Waals surface area contributed by atoms with Gasteiger partial charge in [0.1, 0.15) is 0 Å². The standard InChI is InChI=1S/C6H13ClN4O2/c7-6(10,4(12)13)2-1-3-11-5(8)9/h1-3,10H2,(H,12,13)(H4,8,9,11)/t6-/m0/s1. The first kappa shape index (κ1) is 12.0. The van der Waals surface area contributed by atoms with E-state index in [0.29, 0.717) is 13.0 Å². The topological polar surface area (TPSA) is 128 Å². The largest absolute Gasteiger partial charge is 0.479 e. The van der Waals surface area contributed by atoms with E-state index in [1.165, 1.54) is 0 Å². The number of aliphatic imine (C=N–C) groups is 1. The normalized spacial score (nSPS) is 14.6. The van der Waals surface area contributed by atoms with Crippen LogP contribution in [0.25, 0.3) is 0 Å². The molecular weight excluding hydrogens is 196 g/mol. The summed E-state index contributed by atoms with van der Waals surface area (Å²) >= 11 is 5.45. The van der Waals surface area contributed by atoms with Crippen LogP contribution in [0.3, 0.4) is 0 Å². The predicted octanol–water partition coefficient (Wildman–Crippen LogP) is -0.982. The van der Waals surface area contributed by atoms with Crippen molar-refractivity contribution in [2.24, 2.45) is 22.2 Å². The molecule has 76 valence electrons. The Balaban J connectivity index is 3.77. The van der Waals surface area contributed by atoms with Gasteiger partial charge in [0, 0.05) is 6.54 Å². The van der Waals surface area contributed by atoms with E-state index in [0.717, 1.165) is 0 Å². The van der Waals surface area contributed by atoms with Gasteiger partial charge in [-0.1, -0.05) is 11.6 Å². The lowest BCUT2D eigenvalue weighted by molar-refractivity contribution is -0.140. The lowest BCUT2D eigenvalue weighted by Crippen LogP contribution is -2.42. The van der Waals surface area contributed by atoms with Crippen molar-refractivity contribution in [3.63, 3.8) is 0 Å². The Bertz CT molecular complexity index is 213. The molecule has 13 heavy (non-hydrogen) atoms. The number of carboxylic acid groups (broad SMARTS) is 1. The maximum atomic E-state index is 10.4. The van der Waals surface area contributed by atoms with Crippen molar-refractivity contribution in [2.45, 2.75) is 17.8 Å². The van der Waals surface area contributed by atoms with Crippen LogP contribution in [0.2, 0.25) is 0 Å². The molecule has 0 spiro atoms. The van der Waals surface area contributed by atoms with Crippen LogP contribution in [0.15, 0.2) is 4.99 Å². The molecule has 0 bridgehead atoms. The summed E-state index contributed by atoms with van der Waals surface area (Å²) in [7, 11) is 0. The zero-order valence-corrected chi connectivity index (χ0v) is 7.79. The van der Waals surface area contributed by atoms with Crippen LogP contribution in [-0.4, -0.2) is 28.6 Å². The number of hydrogen-bond donors (Lipinski definition) is 4. The van der Waals surface area contributed by atoms with Crippen molar-refractivity contribution >= 4 is 23.5 Å². The summed E-state index contributed by atoms with van der Waals surface area (Å²) in [6.45, 7) is 0.321. The molecular formula is C6H13ClN4O2. The second-order valence-corrected chi connectivity index (χ2v) is 3.25. The molecule has 0 aromatic heterocycles. The van der Waals surface area contributed by atoms with Crippen molar-refractivity contribution in [1.29, 1.82) is 0 Å². The molecule has 0 radical (unpaired) electrons. The summed E-state index contributed by atoms with van der Waals surface area (Å²) in [4.78, 5) is 12.3. The SMILES string of the molecule is NC(N)=NCCC[C@@](N)(Cl)C(=O)O. The highest BCUT2D eigenvalue weighted by Gasteiger charge is 2.29. The van der Waals surface area contributed by atoms with E-state index in [1.807, 2.05) is 0 Å². The molecule has 7 N–H and O–H groups in total. The molecule has 0 aromatic rings. The monoisotopic (exact) mass is 208 g/mol. The van der Waals surface area contributed by atoms with E-state index in [2.05, 4.69) is 4.99 Å². The fourth-order valence-corrected chi connectivity index (χ4v) is 0.785. The second-order valence-electron chi connectivity index (χ2n) is 2.58. The number of nitrogens with two attached hydrogens (primary N) is 3. The van der Waals surface area contributed by atoms with Gasteiger partial charge in [0.15, 0.2) is 11.0 Å². The minimum absolute atomic E-state index is 0.0347. The van der Waals surface area contributed by atoms with Gasteiger partial charge < -0.3 is 22.3 Å². The quantitative estimate of drug-likeness (QED) is 0.152. The van der Waals surface area contributed by atoms with E-state index in [-0.39, 0.29) is 12.4 Å². The number of halogens is 1. The number of carbonyl (C=O) groups is 1. The lowest BCUT2D eigenvalue weighted by Gasteiger charge is -2.14. The van der Waals surface area contributed by atoms with E-state index >= 15 is 0 Å². The van der Waals surface area contributed by atoms with E-state index in [4.69, 9.17) is 33.9 Å². The van der Waals surface area contributed by atoms with Crippen LogP contribution in [0, 0.1) is 0 Å². The zero-order valence-electron chi connectivity index (χ0n) is 7.03. The van der Waals surface area contributed by atoms with Gasteiger partial charge in [-0.3, -0.25) is 4.99 Å². The minimum atomic E-state index is -1.72. The van der Waals surface area contributed by atoms with Gasteiger partial charge in [0.2, 0.25) is 0 Å². The maximum absolute atomic E-state index is 10.4. The summed E-state index contributed by atoms with van der Waals surface area (Å²) in [6.07, 6.45) is 0.533. The number of rotatable bonds is 5. The molecule has 1 atom stereocenters. The summed E-state index contributed by atoms with van der Waals surface area (Å²) < 4.78 is 0. The molecule has 0 aliphatic heterocycles. The Hall–Kier alpha value is -1.01. The third kappa shape index (κ3) is 5.26. The number of hydrogen-bond acceptors (Lipinski definition) is 3. The molecule has 0 aliphatic rings. The van der Waals surface area contributed by atoms with Crippen LogP contribution in [0.4, 0.5) is 0 Å². The van der Waals surface area contributed by atoms with Gasteiger partial charge in [0.05, 0.1) is 0 Å². The van der Waals surface area contributed by atoms with Crippen LogP contribution < -0.4 is 17.2 Å². The zero-order chi connectivity index (χ0) is 10.5. The Labute approximate surface area is 80.7 Å². The molecule has 0 rings (SSSR count). The van der Waals surface area contributed by atoms with Gasteiger partial charge in [-0.05, 0) is 12.8 Å². The van der Waals surface area contributed by atoms with Crippen LogP contribution >= 0.6 is 11.6 Å². The van der Waals surface area contributed by atoms with Gasteiger partial charge in [0.25, 0.3) is 0 Å². The Morgan fingerprint density at radius 1 is 1.54 bits per heavy atom. The van der Waals surface area contributed by atoms with Crippen LogP contribution in [0.5, 0.6) is 0 Å². The van der Waals surface area contributed by atoms with Gasteiger partial charge in [-0.15, -0.1) is 0 Å². The first-order valence-electron chi connectivity index (χ1n) is 3.63. The molecule has 0 heterocycles. The highest BCUT2D eigenvalue weighted by Crippen LogP contribution is 2.14. The predicted molar refractivity (Wildman–Crippen MR) is 50.3 cm³/mol. The first-order valence-corrected chi connectivity index (χ1v) is 4.00. The third-order valence-corrected chi connectivity index (χ3v) is 1.70. The number of alkyl halides is 1. The van der Waals surface area contributed by atoms with E-state index in [9.17, 15) is 4.79 Å². The number of carboxylic acids is 1. The van der Waals surface area contributed by atoms with Gasteiger partial charge >= 0.3 is 5.97 Å². The molecule has 0 fully saturated rings. The number of nitrogens with zero attached hydrogens (tertiary/aromatic N) is 1. The second kappa shape index (κ2) is 4.88. The fraction of sp³-hybridized carbons (Fsp3) is 0.667. The highest BCUT2D eigenvalue weighted by molar-refractivity contribution is 6.33. The summed E-state index contributed by atoms with van der Waals surface area (Å²) in [6, 6.07) is 0. The third-order valence-electron chi connectivity index (χ3n) is 1.35. The van der Waals surface area contributed by atoms with Crippen molar-refractivity contribution in [3.05, 3.63) is 0 Å². The Kier molecular flexibility index (Phi) is 4.50. The van der Waals surface area contributed by atoms with Gasteiger partial charge in [-0.2, -0.15) is 0 Å². The molecule has 0 saturated carbocycles. The molecule has 0 unspecified atom stereocenters. The molecule has 6 nitrogen and oxygen atoms in total. The molecule has 0 saturated heterocycles. The minimum Gasteiger partial charge on any atom is -0.479 e. The first-order chi connectivity index (χ1) is 5.86. The van der Waals surface area contributed by atoms with Crippen molar-refractivity contribution < 1.29 is 9.90 Å². The van der Waals surface area contributed by atoms with Crippen molar-refractivity contribution in [3.8, 4) is 0 Å². The maximum Gasteiger partial charge on any atom is 0.339 e. The fourth-order valence-electron chi connectivity index (χ4n) is 0.651. The van der Waals surface area contributed by atoms with Crippen molar-refractivity contribution in [1.82, 2.24) is 0 Å². The summed E-state index contributed by atoms with van der Waals surface area (Å²) in [5, 5.41) is 8.51. The molecule has 0 aromatic carbocycles. The van der Waals surface area contributed by atoms with E-state index < -0.39 is 11.0 Å². The Morgan fingerprint density at radius 2 is 2.08 bits per heavy atom. The highest BCUT2D eigenvalue weighted by atomic mass is 35.5. The average molecular weight is 209 g/mol. The van der Waals surface area contributed by atoms with Crippen LogP contribution in [-0.2, 0) is 4.79 Å². The average Bonchev–Trinajstić information content (AvgIpc) is 1.97. The lowest BCUT2D eigenvalue weighted by atomic mass is 10.1. The number of aliphatic carboxylic acids is 1. The Morgan fingerprint density at radius 3 is 2.46 bits per heavy atom. The van der Waals surface area contributed by atoms with Crippen LogP contribution in [0.1, 0.15) is 12.8 Å². The molecule has 0 aliphatic carbocycles. The summed E-state index contributed by atoms with van der Waals surface area (Å²) in [5.74, 6) is -1.29. The summed E-state index contributed by atoms with van der Waals surface area (Å²) in [5.41, 5.74) is 15.3. The van der Waals surface area contributed by atoms with E-state index in [1.54, 1.807) is 0 Å². The molecule has 0 amide bonds. The molecule has 7 heteroatoms. The van der Waals surface area contributed by atoms with Crippen molar-refractivity contribution in [2.75, 3.05) is 6.54 Å². The smallest absolute Gasteiger partial charge is 0.339 e. The number of guanidine groups is 1. The van der Waals surface area contributed by atoms with Gasteiger partial charge in [-0.25, -0.2) is 4.79 Å².